The van der Waals surface area contributed by atoms with Gasteiger partial charge >= 0.3 is 0 Å². The summed E-state index contributed by atoms with van der Waals surface area (Å²) in [7, 11) is 0. The van der Waals surface area contributed by atoms with Gasteiger partial charge in [0.2, 0.25) is 0 Å². The van der Waals surface area contributed by atoms with Crippen molar-refractivity contribution in [3.05, 3.63) is 71.9 Å². The summed E-state index contributed by atoms with van der Waals surface area (Å²) in [4.78, 5) is 21.1. The predicted molar refractivity (Wildman–Crippen MR) is 110 cm³/mol. The Bertz CT molecular complexity index is 1150. The Balaban J connectivity index is 1.38. The first kappa shape index (κ1) is 17.8. The minimum absolute atomic E-state index is 0.0739. The van der Waals surface area contributed by atoms with Gasteiger partial charge in [-0.05, 0) is 30.3 Å². The Hall–Kier alpha value is -3.32. The fraction of sp³-hybridized carbons (Fsp3) is 0.190. The van der Waals surface area contributed by atoms with E-state index in [-0.39, 0.29) is 5.91 Å². The maximum absolute atomic E-state index is 12.5. The third-order valence-electron chi connectivity index (χ3n) is 5.11. The first-order chi connectivity index (χ1) is 14.2. The van der Waals surface area contributed by atoms with E-state index in [2.05, 4.69) is 15.0 Å². The maximum atomic E-state index is 12.5. The minimum Gasteiger partial charge on any atom is -0.459 e. The van der Waals surface area contributed by atoms with Crippen molar-refractivity contribution in [2.75, 3.05) is 31.1 Å². The number of benzene rings is 1. The second-order valence-corrected chi connectivity index (χ2v) is 7.31. The highest BCUT2D eigenvalue weighted by Crippen LogP contribution is 2.26. The first-order valence-electron chi connectivity index (χ1n) is 9.37. The summed E-state index contributed by atoms with van der Waals surface area (Å²) in [6, 6.07) is 13.1. The molecule has 1 aromatic carbocycles. The number of furan rings is 1. The van der Waals surface area contributed by atoms with Gasteiger partial charge in [0.25, 0.3) is 5.91 Å². The van der Waals surface area contributed by atoms with Crippen LogP contribution in [0.4, 0.5) is 5.82 Å². The molecule has 0 bridgehead atoms. The van der Waals surface area contributed by atoms with E-state index in [0.29, 0.717) is 37.0 Å². The summed E-state index contributed by atoms with van der Waals surface area (Å²) >= 11 is 6.00. The molecular formula is C21H18ClN5O2. The van der Waals surface area contributed by atoms with Crippen LogP contribution in [0.15, 0.2) is 65.5 Å². The van der Waals surface area contributed by atoms with Gasteiger partial charge in [-0.3, -0.25) is 4.79 Å². The molecule has 0 radical (unpaired) electrons. The molecule has 1 amide bonds. The van der Waals surface area contributed by atoms with E-state index in [4.69, 9.17) is 16.0 Å². The first-order valence-corrected chi connectivity index (χ1v) is 9.75. The van der Waals surface area contributed by atoms with E-state index in [0.717, 1.165) is 22.6 Å². The van der Waals surface area contributed by atoms with E-state index in [1.165, 1.54) is 6.26 Å². The highest BCUT2D eigenvalue weighted by Gasteiger charge is 2.25. The molecule has 1 saturated heterocycles. The molecule has 146 valence electrons. The molecule has 8 heteroatoms. The number of halogens is 1. The van der Waals surface area contributed by atoms with Crippen molar-refractivity contribution in [3.63, 3.8) is 0 Å². The van der Waals surface area contributed by atoms with Crippen LogP contribution in [0.3, 0.4) is 0 Å². The smallest absolute Gasteiger partial charge is 0.289 e. The molecule has 7 nitrogen and oxygen atoms in total. The second kappa shape index (κ2) is 7.25. The lowest BCUT2D eigenvalue weighted by Gasteiger charge is -2.35. The van der Waals surface area contributed by atoms with Crippen LogP contribution in [0.25, 0.3) is 16.8 Å². The number of nitrogens with zero attached hydrogens (tertiary/aromatic N) is 5. The monoisotopic (exact) mass is 407 g/mol. The number of piperazine rings is 1. The molecule has 5 rings (SSSR count). The maximum Gasteiger partial charge on any atom is 0.289 e. The molecule has 3 aromatic heterocycles. The molecule has 0 atom stereocenters. The van der Waals surface area contributed by atoms with Crippen LogP contribution in [0.1, 0.15) is 10.6 Å². The van der Waals surface area contributed by atoms with E-state index < -0.39 is 0 Å². The number of aromatic nitrogens is 3. The molecule has 0 aliphatic carbocycles. The van der Waals surface area contributed by atoms with Crippen molar-refractivity contribution in [1.82, 2.24) is 19.5 Å². The van der Waals surface area contributed by atoms with Crippen LogP contribution in [-0.4, -0.2) is 51.6 Å². The Morgan fingerprint density at radius 1 is 1.07 bits per heavy atom. The quantitative estimate of drug-likeness (QED) is 0.519. The lowest BCUT2D eigenvalue weighted by atomic mass is 10.1. The van der Waals surface area contributed by atoms with Gasteiger partial charge in [-0.1, -0.05) is 23.7 Å². The Labute approximate surface area is 172 Å². The summed E-state index contributed by atoms with van der Waals surface area (Å²) in [6.07, 6.45) is 5.11. The minimum atomic E-state index is -0.0739. The third-order valence-corrected chi connectivity index (χ3v) is 5.36. The average Bonchev–Trinajstić information content (AvgIpc) is 3.44. The molecule has 4 heterocycles. The van der Waals surface area contributed by atoms with Crippen molar-refractivity contribution < 1.29 is 9.21 Å². The largest absolute Gasteiger partial charge is 0.459 e. The van der Waals surface area contributed by atoms with Crippen molar-refractivity contribution >= 4 is 28.8 Å². The zero-order chi connectivity index (χ0) is 19.8. The lowest BCUT2D eigenvalue weighted by molar-refractivity contribution is 0.0714. The number of fused-ring (bicyclic) bond motifs is 1. The molecule has 1 fully saturated rings. The van der Waals surface area contributed by atoms with E-state index >= 15 is 0 Å². The normalized spacial score (nSPS) is 14.5. The van der Waals surface area contributed by atoms with Crippen molar-refractivity contribution in [3.8, 4) is 11.3 Å². The SMILES string of the molecule is O=C(c1ccco1)N1CCN(c2nccn3nc(-c4ccc(Cl)cc4)cc23)CC1. The second-order valence-electron chi connectivity index (χ2n) is 6.87. The fourth-order valence-electron chi connectivity index (χ4n) is 3.59. The number of hydrogen-bond donors (Lipinski definition) is 0. The van der Waals surface area contributed by atoms with Gasteiger partial charge in [0.1, 0.15) is 5.52 Å². The number of carbonyl (C=O) groups is 1. The van der Waals surface area contributed by atoms with E-state index in [1.54, 1.807) is 18.3 Å². The predicted octanol–water partition coefficient (Wildman–Crippen LogP) is 3.61. The highest BCUT2D eigenvalue weighted by atomic mass is 35.5. The number of carbonyl (C=O) groups excluding carboxylic acids is 1. The van der Waals surface area contributed by atoms with Crippen LogP contribution < -0.4 is 4.90 Å². The molecule has 0 N–H and O–H groups in total. The molecular weight excluding hydrogens is 390 g/mol. The van der Waals surface area contributed by atoms with Crippen molar-refractivity contribution in [2.45, 2.75) is 0 Å². The van der Waals surface area contributed by atoms with Gasteiger partial charge < -0.3 is 14.2 Å². The molecule has 1 aliphatic heterocycles. The number of amides is 1. The number of rotatable bonds is 3. The summed E-state index contributed by atoms with van der Waals surface area (Å²) in [5.74, 6) is 1.17. The van der Waals surface area contributed by atoms with Crippen molar-refractivity contribution in [1.29, 1.82) is 0 Å². The lowest BCUT2D eigenvalue weighted by Crippen LogP contribution is -2.49. The van der Waals surface area contributed by atoms with Gasteiger partial charge in [0.15, 0.2) is 11.6 Å². The molecule has 29 heavy (non-hydrogen) atoms. The van der Waals surface area contributed by atoms with Gasteiger partial charge in [-0.25, -0.2) is 9.50 Å². The van der Waals surface area contributed by atoms with Gasteiger partial charge in [-0.2, -0.15) is 5.10 Å². The standard InChI is InChI=1S/C21H18ClN5O2/c22-16-5-3-15(4-6-16)17-14-18-20(23-7-8-27(18)24-17)25-9-11-26(12-10-25)21(28)19-2-1-13-29-19/h1-8,13-14H,9-12H2. The zero-order valence-corrected chi connectivity index (χ0v) is 16.3. The Morgan fingerprint density at radius 2 is 1.86 bits per heavy atom. The molecule has 0 saturated carbocycles. The molecule has 0 spiro atoms. The van der Waals surface area contributed by atoms with Gasteiger partial charge in [0.05, 0.1) is 12.0 Å². The Morgan fingerprint density at radius 3 is 2.59 bits per heavy atom. The van der Waals surface area contributed by atoms with Crippen LogP contribution >= 0.6 is 11.6 Å². The summed E-state index contributed by atoms with van der Waals surface area (Å²) in [5.41, 5.74) is 2.80. The van der Waals surface area contributed by atoms with Crippen LogP contribution in [-0.2, 0) is 0 Å². The van der Waals surface area contributed by atoms with Crippen LogP contribution in [0.2, 0.25) is 5.02 Å². The average molecular weight is 408 g/mol. The Kier molecular flexibility index (Phi) is 4.44. The third kappa shape index (κ3) is 3.34. The summed E-state index contributed by atoms with van der Waals surface area (Å²) < 4.78 is 7.07. The number of anilines is 1. The van der Waals surface area contributed by atoms with Gasteiger partial charge in [0, 0.05) is 49.2 Å². The van der Waals surface area contributed by atoms with Crippen LogP contribution in [0.5, 0.6) is 0 Å². The molecule has 4 aromatic rings. The number of hydrogen-bond acceptors (Lipinski definition) is 5. The summed E-state index contributed by atoms with van der Waals surface area (Å²) in [6.45, 7) is 2.61. The topological polar surface area (TPSA) is 66.9 Å². The summed E-state index contributed by atoms with van der Waals surface area (Å²) in [5, 5.41) is 5.37. The van der Waals surface area contributed by atoms with Crippen LogP contribution in [0, 0.1) is 0 Å². The van der Waals surface area contributed by atoms with E-state index in [1.807, 2.05) is 45.9 Å². The fourth-order valence-corrected chi connectivity index (χ4v) is 3.72. The van der Waals surface area contributed by atoms with Crippen molar-refractivity contribution in [2.24, 2.45) is 0 Å². The van der Waals surface area contributed by atoms with Gasteiger partial charge in [-0.15, -0.1) is 0 Å². The highest BCUT2D eigenvalue weighted by molar-refractivity contribution is 6.30. The molecule has 1 aliphatic rings. The molecule has 0 unspecified atom stereocenters. The van der Waals surface area contributed by atoms with E-state index in [9.17, 15) is 4.79 Å². The zero-order valence-electron chi connectivity index (χ0n) is 15.5.